The molecular formula is C61H104O29. The van der Waals surface area contributed by atoms with Crippen LogP contribution in [-0.4, -0.2) is 308 Å². The van der Waals surface area contributed by atoms with Gasteiger partial charge in [-0.3, -0.25) is 0 Å². The van der Waals surface area contributed by atoms with Crippen molar-refractivity contribution < 1.29 is 144 Å². The summed E-state index contributed by atoms with van der Waals surface area (Å²) in [4.78, 5) is 0. The molecule has 0 spiro atoms. The van der Waals surface area contributed by atoms with E-state index >= 15 is 0 Å². The number of hydrogen-bond donors (Lipinski definition) is 19. The van der Waals surface area contributed by atoms with Gasteiger partial charge in [-0.2, -0.15) is 0 Å². The topological polar surface area (TPSA) is 477 Å². The van der Waals surface area contributed by atoms with Gasteiger partial charge in [0.2, 0.25) is 0 Å². The van der Waals surface area contributed by atoms with Gasteiger partial charge >= 0.3 is 0 Å². The molecular weight excluding hydrogens is 1200 g/mol. The van der Waals surface area contributed by atoms with Crippen LogP contribution in [0.5, 0.6) is 0 Å². The molecule has 3 saturated carbocycles. The van der Waals surface area contributed by atoms with Gasteiger partial charge in [0, 0.05) is 10.8 Å². The van der Waals surface area contributed by atoms with Crippen molar-refractivity contribution in [2.24, 2.45) is 45.3 Å². The molecule has 5 aliphatic heterocycles. The third-order valence-electron chi connectivity index (χ3n) is 23.2. The van der Waals surface area contributed by atoms with E-state index in [9.17, 15) is 97.0 Å². The van der Waals surface area contributed by atoms with Crippen molar-refractivity contribution in [3.63, 3.8) is 0 Å². The molecule has 5 saturated heterocycles. The monoisotopic (exact) mass is 1300 g/mol. The highest BCUT2D eigenvalue weighted by atomic mass is 16.8. The summed E-state index contributed by atoms with van der Waals surface area (Å²) in [5, 5.41) is 206. The second-order valence-electron chi connectivity index (χ2n) is 28.9. The second kappa shape index (κ2) is 28.2. The van der Waals surface area contributed by atoms with Gasteiger partial charge in [0.25, 0.3) is 0 Å². The first-order valence-electron chi connectivity index (χ1n) is 32.1. The van der Waals surface area contributed by atoms with Gasteiger partial charge in [0.15, 0.2) is 31.5 Å². The van der Waals surface area contributed by atoms with E-state index in [1.54, 1.807) is 0 Å². The minimum absolute atomic E-state index is 0.0134. The molecule has 0 aromatic carbocycles. The zero-order valence-electron chi connectivity index (χ0n) is 52.5. The zero-order chi connectivity index (χ0) is 66.2. The number of aliphatic hydroxyl groups is 19. The summed E-state index contributed by atoms with van der Waals surface area (Å²) in [6.45, 7) is 12.6. The summed E-state index contributed by atoms with van der Waals surface area (Å²) < 4.78 is 59.5. The van der Waals surface area contributed by atoms with E-state index in [4.69, 9.17) is 47.4 Å². The number of allylic oxidation sites excluding steroid dienone is 1. The normalized spacial score (nSPS) is 51.3. The fourth-order valence-electron chi connectivity index (χ4n) is 17.3. The van der Waals surface area contributed by atoms with Gasteiger partial charge in [-0.1, -0.05) is 59.6 Å². The molecule has 0 aromatic heterocycles. The molecule has 5 heterocycles. The largest absolute Gasteiger partial charge is 0.394 e. The van der Waals surface area contributed by atoms with E-state index in [0.29, 0.717) is 38.5 Å². The molecule has 9 rings (SSSR count). The van der Waals surface area contributed by atoms with Crippen LogP contribution in [0.25, 0.3) is 0 Å². The van der Waals surface area contributed by atoms with Crippen LogP contribution >= 0.6 is 0 Å². The van der Waals surface area contributed by atoms with Gasteiger partial charge in [0.1, 0.15) is 122 Å². The Hall–Kier alpha value is -1.42. The summed E-state index contributed by atoms with van der Waals surface area (Å²) >= 11 is 0. The maximum absolute atomic E-state index is 12.9. The summed E-state index contributed by atoms with van der Waals surface area (Å²) in [6.07, 6.45) is -36.6. The van der Waals surface area contributed by atoms with E-state index in [1.807, 2.05) is 13.8 Å². The van der Waals surface area contributed by atoms with Crippen LogP contribution in [-0.2, 0) is 47.4 Å². The first-order chi connectivity index (χ1) is 42.2. The Morgan fingerprint density at radius 1 is 0.522 bits per heavy atom. The Labute approximate surface area is 523 Å². The summed E-state index contributed by atoms with van der Waals surface area (Å²) in [6, 6.07) is 0. The number of aliphatic hydroxyl groups excluding tert-OH is 18. The summed E-state index contributed by atoms with van der Waals surface area (Å²) in [5.41, 5.74) is -2.49. The first-order valence-corrected chi connectivity index (χ1v) is 32.1. The van der Waals surface area contributed by atoms with Gasteiger partial charge < -0.3 is 144 Å². The van der Waals surface area contributed by atoms with Gasteiger partial charge in [-0.15, -0.1) is 0 Å². The van der Waals surface area contributed by atoms with Crippen molar-refractivity contribution >= 4 is 0 Å². The molecule has 522 valence electrons. The lowest BCUT2D eigenvalue weighted by Gasteiger charge is -2.67. The van der Waals surface area contributed by atoms with Crippen molar-refractivity contribution in [3.05, 3.63) is 11.6 Å². The Bertz CT molecular complexity index is 2360. The third kappa shape index (κ3) is 13.2. The van der Waals surface area contributed by atoms with Gasteiger partial charge in [0.05, 0.1) is 56.9 Å². The number of rotatable bonds is 21. The molecule has 4 aliphatic carbocycles. The van der Waals surface area contributed by atoms with Crippen molar-refractivity contribution in [2.75, 3.05) is 33.0 Å². The third-order valence-corrected chi connectivity index (χ3v) is 23.2. The molecule has 29 nitrogen and oxygen atoms in total. The standard InChI is InChI=1S/C61H104O29/c1-9-24(10-14-36(58(4,5)80)89-56-51(90-55-50(79)44(73)39(68)30(21-64)85-55)46(75)41(70)32(87-56)23-82-53-48(77)43(72)38(67)29(20-63)84-53)25-16-17-59(6)33-13-11-26-27(61(33,8)34(65)18-60(25,59)7)12-15-35(57(26,2)3)88-54-49(78)45(74)40(69)31(86-54)22-81-52-47(76)42(71)37(66)28(19-62)83-52/h11,24-25,27-56,62-80H,9-10,12-23H2,1-8H3/t24-,25-,27-,28-,29-,30+,31-,32-,33+,34-,35+,36?,37-,38-,39+,40-,41-,42+,43+,44-,45+,46+,47-,48-,49-,50+,51-,52-,53-,54+,55-,56+,59+,60-,61+/m1/s1. The number of hydrogen-bond acceptors (Lipinski definition) is 29. The summed E-state index contributed by atoms with van der Waals surface area (Å²) in [5.74, 6) is 0.0474. The Morgan fingerprint density at radius 2 is 0.967 bits per heavy atom. The lowest BCUT2D eigenvalue weighted by Crippen LogP contribution is -2.65. The molecule has 0 aromatic rings. The van der Waals surface area contributed by atoms with E-state index < -0.39 is 227 Å². The van der Waals surface area contributed by atoms with Crippen molar-refractivity contribution in [3.8, 4) is 0 Å². The molecule has 9 aliphatic rings. The zero-order valence-corrected chi connectivity index (χ0v) is 52.5. The Kier molecular flexibility index (Phi) is 22.8. The van der Waals surface area contributed by atoms with Crippen LogP contribution in [0.4, 0.5) is 0 Å². The van der Waals surface area contributed by atoms with Crippen molar-refractivity contribution in [1.29, 1.82) is 0 Å². The highest BCUT2D eigenvalue weighted by molar-refractivity contribution is 5.32. The maximum atomic E-state index is 12.9. The summed E-state index contributed by atoms with van der Waals surface area (Å²) in [7, 11) is 0. The van der Waals surface area contributed by atoms with Crippen molar-refractivity contribution in [2.45, 2.75) is 291 Å². The Morgan fingerprint density at radius 3 is 1.46 bits per heavy atom. The number of fused-ring (bicyclic) bond motifs is 5. The maximum Gasteiger partial charge on any atom is 0.187 e. The molecule has 0 radical (unpaired) electrons. The van der Waals surface area contributed by atoms with Gasteiger partial charge in [-0.25, -0.2) is 0 Å². The first kappa shape index (κ1) is 72.8. The van der Waals surface area contributed by atoms with Crippen LogP contribution in [0.15, 0.2) is 11.6 Å². The quantitative estimate of drug-likeness (QED) is 0.0479. The molecule has 19 N–H and O–H groups in total. The van der Waals surface area contributed by atoms with Crippen molar-refractivity contribution in [1.82, 2.24) is 0 Å². The minimum Gasteiger partial charge on any atom is -0.394 e. The fourth-order valence-corrected chi connectivity index (χ4v) is 17.3. The molecule has 1 unspecified atom stereocenters. The lowest BCUT2D eigenvalue weighted by atomic mass is 9.38. The van der Waals surface area contributed by atoms with Crippen LogP contribution in [0.3, 0.4) is 0 Å². The van der Waals surface area contributed by atoms with E-state index in [2.05, 4.69) is 33.8 Å². The molecule has 0 amide bonds. The van der Waals surface area contributed by atoms with Crippen LogP contribution in [0, 0.1) is 45.3 Å². The molecule has 8 fully saturated rings. The average Bonchev–Trinajstić information content (AvgIpc) is 1.22. The van der Waals surface area contributed by atoms with E-state index in [1.165, 1.54) is 13.8 Å². The second-order valence-corrected chi connectivity index (χ2v) is 28.9. The molecule has 0 bridgehead atoms. The smallest absolute Gasteiger partial charge is 0.187 e. The Balaban J connectivity index is 0.895. The fraction of sp³-hybridized carbons (Fsp3) is 0.967. The minimum atomic E-state index is -1.96. The van der Waals surface area contributed by atoms with Gasteiger partial charge in [-0.05, 0) is 99.7 Å². The van der Waals surface area contributed by atoms with E-state index in [-0.39, 0.29) is 35.5 Å². The highest BCUT2D eigenvalue weighted by Gasteiger charge is 2.71. The highest BCUT2D eigenvalue weighted by Crippen LogP contribution is 2.75. The van der Waals surface area contributed by atoms with E-state index in [0.717, 1.165) is 18.4 Å². The predicted octanol–water partition coefficient (Wildman–Crippen LogP) is -5.02. The lowest BCUT2D eigenvalue weighted by molar-refractivity contribution is -0.380. The average molecular weight is 1300 g/mol. The van der Waals surface area contributed by atoms with Crippen LogP contribution in [0.1, 0.15) is 113 Å². The van der Waals surface area contributed by atoms with Crippen LogP contribution in [0.2, 0.25) is 0 Å². The molecule has 35 atom stereocenters. The SMILES string of the molecule is CC[C@H](CCC(O[C@@H]1O[C@H](CO[C@@H]2O[C@H](CO)[C@@H](O)[C@H](O)[C@H]2O)[C@@H](O)[C@H](O)[C@H]1O[C@H]1O[C@@H](CO)[C@H](O)[C@@H](O)[C@@H]1O)C(C)(C)O)[C@H]1CC[C@@]2(C)[C@@H]3CC=C4[C@@H](CC[C@H](O[C@@H]5O[C@H](CO[C@@H]6O[C@H](CO)[C@@H](O)[C@H](O)[C@H]6O)[C@@H](O)[C@H](O)[C@H]5O)C4(C)C)[C@]3(C)[C@H](O)C[C@]12C. The molecule has 90 heavy (non-hydrogen) atoms. The van der Waals surface area contributed by atoms with Crippen LogP contribution < -0.4 is 0 Å². The number of ether oxygens (including phenoxy) is 10. The molecule has 29 heteroatoms. The predicted molar refractivity (Wildman–Crippen MR) is 305 cm³/mol.